The maximum Gasteiger partial charge on any atom is 0.407 e. The highest BCUT2D eigenvalue weighted by Crippen LogP contribution is 2.20. The Hall–Kier alpha value is -2.06. The van der Waals surface area contributed by atoms with Crippen molar-refractivity contribution in [1.29, 1.82) is 0 Å². The molecule has 1 aromatic rings. The molecule has 0 bridgehead atoms. The fraction of sp³-hybridized carbons (Fsp3) is 0.500. The van der Waals surface area contributed by atoms with Gasteiger partial charge in [-0.25, -0.2) is 4.79 Å². The maximum absolute atomic E-state index is 12.2. The van der Waals surface area contributed by atoms with Gasteiger partial charge in [-0.2, -0.15) is 0 Å². The van der Waals surface area contributed by atoms with E-state index in [2.05, 4.69) is 5.32 Å². The van der Waals surface area contributed by atoms with E-state index in [4.69, 9.17) is 9.47 Å². The van der Waals surface area contributed by atoms with Gasteiger partial charge in [-0.3, -0.25) is 4.79 Å². The molecule has 1 saturated heterocycles. The van der Waals surface area contributed by atoms with E-state index < -0.39 is 31.2 Å². The molecular formula is C16H23BN2O5. The van der Waals surface area contributed by atoms with Crippen molar-refractivity contribution in [1.82, 2.24) is 10.1 Å². The molecule has 0 saturated carbocycles. The first-order valence-corrected chi connectivity index (χ1v) is 8.10. The predicted molar refractivity (Wildman–Crippen MR) is 89.1 cm³/mol. The van der Waals surface area contributed by atoms with E-state index in [1.54, 1.807) is 18.6 Å². The van der Waals surface area contributed by atoms with Gasteiger partial charge in [-0.05, 0) is 32.3 Å². The zero-order valence-corrected chi connectivity index (χ0v) is 14.0. The summed E-state index contributed by atoms with van der Waals surface area (Å²) in [6.07, 6.45) is -0.0555. The molecule has 1 aliphatic heterocycles. The van der Waals surface area contributed by atoms with Crippen molar-refractivity contribution in [3.8, 4) is 0 Å². The number of carbonyl (C=O) groups excluding carboxylic acids is 2. The maximum atomic E-state index is 12.2. The first kappa shape index (κ1) is 18.3. The quantitative estimate of drug-likeness (QED) is 0.597. The lowest BCUT2D eigenvalue weighted by atomic mass is 9.84. The molecule has 0 unspecified atom stereocenters. The highest BCUT2D eigenvalue weighted by atomic mass is 16.5. The van der Waals surface area contributed by atoms with E-state index in [1.807, 2.05) is 30.3 Å². The van der Waals surface area contributed by atoms with E-state index in [1.165, 1.54) is 0 Å². The van der Waals surface area contributed by atoms with E-state index in [-0.39, 0.29) is 13.2 Å². The topological polar surface area (TPSA) is 88.1 Å². The molecule has 0 radical (unpaired) electrons. The van der Waals surface area contributed by atoms with E-state index in [9.17, 15) is 14.6 Å². The monoisotopic (exact) mass is 334 g/mol. The van der Waals surface area contributed by atoms with Crippen LogP contribution in [0, 0.1) is 0 Å². The molecule has 24 heavy (non-hydrogen) atoms. The third kappa shape index (κ3) is 4.72. The number of hydrogen-bond acceptors (Lipinski definition) is 6. The first-order valence-electron chi connectivity index (χ1n) is 8.10. The average molecular weight is 334 g/mol. The number of rotatable bonds is 6. The summed E-state index contributed by atoms with van der Waals surface area (Å²) >= 11 is 0. The minimum Gasteiger partial charge on any atom is -0.465 e. The number of esters is 1. The lowest BCUT2D eigenvalue weighted by Gasteiger charge is -2.27. The molecule has 130 valence electrons. The molecule has 2 N–H and O–H groups in total. The molecule has 2 atom stereocenters. The van der Waals surface area contributed by atoms with Crippen LogP contribution < -0.4 is 5.32 Å². The molecule has 8 heteroatoms. The Morgan fingerprint density at radius 1 is 1.33 bits per heavy atom. The highest BCUT2D eigenvalue weighted by molar-refractivity contribution is 6.45. The summed E-state index contributed by atoms with van der Waals surface area (Å²) in [6.45, 7) is 4.20. The molecule has 0 aromatic heterocycles. The minimum atomic E-state index is -0.799. The van der Waals surface area contributed by atoms with Gasteiger partial charge in [0.15, 0.2) is 0 Å². The largest absolute Gasteiger partial charge is 0.465 e. The van der Waals surface area contributed by atoms with E-state index in [0.29, 0.717) is 13.0 Å². The van der Waals surface area contributed by atoms with Crippen molar-refractivity contribution in [3.63, 3.8) is 0 Å². The summed E-state index contributed by atoms with van der Waals surface area (Å²) in [5, 5.41) is 12.5. The molecule has 2 rings (SSSR count). The van der Waals surface area contributed by atoms with Crippen LogP contribution >= 0.6 is 0 Å². The molecule has 0 spiro atoms. The van der Waals surface area contributed by atoms with Crippen molar-refractivity contribution in [2.24, 2.45) is 0 Å². The molecule has 1 aromatic carbocycles. The van der Waals surface area contributed by atoms with E-state index >= 15 is 0 Å². The second kappa shape index (κ2) is 8.70. The van der Waals surface area contributed by atoms with Gasteiger partial charge in [0.1, 0.15) is 12.6 Å². The Bertz CT molecular complexity index is 555. The van der Waals surface area contributed by atoms with Crippen molar-refractivity contribution in [2.75, 3.05) is 13.2 Å². The van der Waals surface area contributed by atoms with Gasteiger partial charge in [-0.1, -0.05) is 30.3 Å². The number of nitrogens with zero attached hydrogens (tertiary/aromatic N) is 1. The SMILES string of the molecule is CCOC(=O)[C@H]1[C@H](NC(=O)OCc2ccccc2)CCN1B(C)O. The summed E-state index contributed by atoms with van der Waals surface area (Å²) in [5.41, 5.74) is 0.881. The van der Waals surface area contributed by atoms with Crippen LogP contribution in [-0.4, -0.2) is 54.2 Å². The second-order valence-electron chi connectivity index (χ2n) is 5.67. The fourth-order valence-electron chi connectivity index (χ4n) is 2.83. The average Bonchev–Trinajstić information content (AvgIpc) is 2.98. The molecular weight excluding hydrogens is 311 g/mol. The van der Waals surface area contributed by atoms with Gasteiger partial charge in [0.25, 0.3) is 0 Å². The summed E-state index contributed by atoms with van der Waals surface area (Å²) in [5.74, 6) is -0.454. The third-order valence-electron chi connectivity index (χ3n) is 3.96. The molecule has 1 fully saturated rings. The smallest absolute Gasteiger partial charge is 0.407 e. The number of hydrogen-bond donors (Lipinski definition) is 2. The van der Waals surface area contributed by atoms with E-state index in [0.717, 1.165) is 5.56 Å². The molecule has 1 amide bonds. The molecule has 1 aliphatic rings. The van der Waals surface area contributed by atoms with Gasteiger partial charge in [0, 0.05) is 0 Å². The van der Waals surface area contributed by atoms with Gasteiger partial charge >= 0.3 is 19.1 Å². The zero-order valence-electron chi connectivity index (χ0n) is 14.0. The van der Waals surface area contributed by atoms with Crippen molar-refractivity contribution in [3.05, 3.63) is 35.9 Å². The Morgan fingerprint density at radius 2 is 2.04 bits per heavy atom. The summed E-state index contributed by atoms with van der Waals surface area (Å²) in [7, 11) is -0.799. The summed E-state index contributed by atoms with van der Waals surface area (Å²) in [4.78, 5) is 25.8. The first-order chi connectivity index (χ1) is 11.5. The van der Waals surface area contributed by atoms with Gasteiger partial charge in [0.05, 0.1) is 12.6 Å². The lowest BCUT2D eigenvalue weighted by molar-refractivity contribution is -0.147. The number of benzene rings is 1. The van der Waals surface area contributed by atoms with Crippen LogP contribution in [0.15, 0.2) is 30.3 Å². The highest BCUT2D eigenvalue weighted by Gasteiger charge is 2.44. The van der Waals surface area contributed by atoms with Gasteiger partial charge in [-0.15, -0.1) is 0 Å². The Balaban J connectivity index is 1.93. The molecule has 1 heterocycles. The van der Waals surface area contributed by atoms with Gasteiger partial charge in [0.2, 0.25) is 0 Å². The van der Waals surface area contributed by atoms with Crippen LogP contribution in [0.5, 0.6) is 0 Å². The second-order valence-corrected chi connectivity index (χ2v) is 5.67. The Morgan fingerprint density at radius 3 is 2.67 bits per heavy atom. The minimum absolute atomic E-state index is 0.156. The van der Waals surface area contributed by atoms with Crippen LogP contribution in [0.4, 0.5) is 4.79 Å². The van der Waals surface area contributed by atoms with Crippen LogP contribution in [0.3, 0.4) is 0 Å². The zero-order chi connectivity index (χ0) is 17.5. The number of amides is 1. The van der Waals surface area contributed by atoms with Crippen molar-refractivity contribution >= 4 is 19.1 Å². The third-order valence-corrected chi connectivity index (χ3v) is 3.96. The fourth-order valence-corrected chi connectivity index (χ4v) is 2.83. The van der Waals surface area contributed by atoms with Crippen LogP contribution in [-0.2, 0) is 20.9 Å². The van der Waals surface area contributed by atoms with Crippen molar-refractivity contribution in [2.45, 2.75) is 38.9 Å². The molecule has 7 nitrogen and oxygen atoms in total. The number of alkyl carbamates (subject to hydrolysis) is 1. The number of carbonyl (C=O) groups is 2. The van der Waals surface area contributed by atoms with Crippen LogP contribution in [0.2, 0.25) is 6.82 Å². The summed E-state index contributed by atoms with van der Waals surface area (Å²) < 4.78 is 10.3. The Labute approximate surface area is 142 Å². The Kier molecular flexibility index (Phi) is 6.63. The lowest BCUT2D eigenvalue weighted by Crippen LogP contribution is -2.53. The molecule has 0 aliphatic carbocycles. The van der Waals surface area contributed by atoms with Gasteiger partial charge < -0.3 is 24.6 Å². The van der Waals surface area contributed by atoms with Crippen LogP contribution in [0.25, 0.3) is 0 Å². The van der Waals surface area contributed by atoms with Crippen molar-refractivity contribution < 1.29 is 24.1 Å². The van der Waals surface area contributed by atoms with Crippen LogP contribution in [0.1, 0.15) is 18.9 Å². The summed E-state index contributed by atoms with van der Waals surface area (Å²) in [6, 6.07) is 8.17. The number of ether oxygens (including phenoxy) is 2. The predicted octanol–water partition coefficient (Wildman–Crippen LogP) is 1.03. The normalized spacial score (nSPS) is 20.5. The number of nitrogens with one attached hydrogen (secondary N) is 1. The standard InChI is InChI=1S/C16H23BN2O5/c1-3-23-15(20)14-13(9-10-19(14)17(2)22)18-16(21)24-11-12-7-5-4-6-8-12/h4-8,13-14,22H,3,9-11H2,1-2H3,(H,18,21)/t13-,14-/m1/s1.